The van der Waals surface area contributed by atoms with Gasteiger partial charge >= 0.3 is 0 Å². The fourth-order valence-electron chi connectivity index (χ4n) is 2.09. The average Bonchev–Trinajstić information content (AvgIpc) is 2.76. The molecule has 0 amide bonds. The van der Waals surface area contributed by atoms with Gasteiger partial charge in [-0.3, -0.25) is 4.90 Å². The fraction of sp³-hybridized carbons (Fsp3) is 0.417. The van der Waals surface area contributed by atoms with Crippen molar-refractivity contribution in [2.75, 3.05) is 13.1 Å². The number of rotatable bonds is 3. The largest absolute Gasteiger partial charge is 0.409 e. The SMILES string of the molecule is N/C(=N/O)c1ccc(CN2CCC(O)C2)c(Cl)c1. The van der Waals surface area contributed by atoms with Gasteiger partial charge in [0.25, 0.3) is 0 Å². The maximum absolute atomic E-state index is 9.46. The second-order valence-electron chi connectivity index (χ2n) is 4.47. The average molecular weight is 270 g/mol. The predicted octanol–water partition coefficient (Wildman–Crippen LogP) is 1.00. The maximum atomic E-state index is 9.46. The van der Waals surface area contributed by atoms with Crippen molar-refractivity contribution in [1.82, 2.24) is 4.90 Å². The lowest BCUT2D eigenvalue weighted by Crippen LogP contribution is -2.22. The van der Waals surface area contributed by atoms with E-state index in [2.05, 4.69) is 10.1 Å². The van der Waals surface area contributed by atoms with Gasteiger partial charge < -0.3 is 16.0 Å². The number of benzene rings is 1. The third-order valence-corrected chi connectivity index (χ3v) is 3.45. The molecule has 1 heterocycles. The zero-order chi connectivity index (χ0) is 13.1. The second kappa shape index (κ2) is 5.56. The number of oxime groups is 1. The molecule has 1 fully saturated rings. The molecule has 1 unspecified atom stereocenters. The van der Waals surface area contributed by atoms with Crippen LogP contribution in [0.15, 0.2) is 23.4 Å². The molecule has 0 aliphatic carbocycles. The third-order valence-electron chi connectivity index (χ3n) is 3.10. The van der Waals surface area contributed by atoms with Crippen molar-refractivity contribution < 1.29 is 10.3 Å². The number of nitrogens with zero attached hydrogens (tertiary/aromatic N) is 2. The van der Waals surface area contributed by atoms with E-state index in [0.717, 1.165) is 18.5 Å². The molecule has 1 aliphatic heterocycles. The molecule has 0 spiro atoms. The van der Waals surface area contributed by atoms with E-state index >= 15 is 0 Å². The molecule has 0 aromatic heterocycles. The molecule has 18 heavy (non-hydrogen) atoms. The minimum atomic E-state index is -0.236. The molecule has 98 valence electrons. The summed E-state index contributed by atoms with van der Waals surface area (Å²) in [6.07, 6.45) is 0.569. The number of amidine groups is 1. The Balaban J connectivity index is 2.10. The molecule has 4 N–H and O–H groups in total. The van der Waals surface area contributed by atoms with Crippen LogP contribution in [0.2, 0.25) is 5.02 Å². The van der Waals surface area contributed by atoms with Gasteiger partial charge in [-0.25, -0.2) is 0 Å². The molecule has 0 saturated carbocycles. The van der Waals surface area contributed by atoms with E-state index < -0.39 is 0 Å². The molecular formula is C12H16ClN3O2. The minimum Gasteiger partial charge on any atom is -0.409 e. The molecule has 5 nitrogen and oxygen atoms in total. The molecule has 1 atom stereocenters. The standard InChI is InChI=1S/C12H16ClN3O2/c13-11-5-8(12(14)15-18)1-2-9(11)6-16-4-3-10(17)7-16/h1-2,5,10,17-18H,3-4,6-7H2,(H2,14,15). The van der Waals surface area contributed by atoms with Crippen LogP contribution >= 0.6 is 11.6 Å². The van der Waals surface area contributed by atoms with Crippen LogP contribution in [0.3, 0.4) is 0 Å². The van der Waals surface area contributed by atoms with E-state index in [9.17, 15) is 5.11 Å². The first kappa shape index (κ1) is 13.1. The smallest absolute Gasteiger partial charge is 0.170 e. The molecule has 6 heteroatoms. The van der Waals surface area contributed by atoms with Crippen LogP contribution in [0.4, 0.5) is 0 Å². The van der Waals surface area contributed by atoms with E-state index in [1.165, 1.54) is 0 Å². The Morgan fingerprint density at radius 2 is 2.33 bits per heavy atom. The van der Waals surface area contributed by atoms with E-state index in [1.807, 2.05) is 6.07 Å². The number of nitrogens with two attached hydrogens (primary N) is 1. The summed E-state index contributed by atoms with van der Waals surface area (Å²) in [7, 11) is 0. The predicted molar refractivity (Wildman–Crippen MR) is 69.9 cm³/mol. The summed E-state index contributed by atoms with van der Waals surface area (Å²) in [5.74, 6) is 0.0417. The summed E-state index contributed by atoms with van der Waals surface area (Å²) in [6.45, 7) is 2.25. The first-order valence-corrected chi connectivity index (χ1v) is 6.14. The number of β-amino-alcohol motifs (C(OH)–C–C–N with tert-alkyl or cyclic N) is 1. The molecule has 1 aliphatic rings. The van der Waals surface area contributed by atoms with Crippen molar-refractivity contribution >= 4 is 17.4 Å². The Bertz CT molecular complexity index is 465. The monoisotopic (exact) mass is 269 g/mol. The summed E-state index contributed by atoms with van der Waals surface area (Å²) in [5.41, 5.74) is 7.06. The Hall–Kier alpha value is -1.30. The van der Waals surface area contributed by atoms with Crippen molar-refractivity contribution in [1.29, 1.82) is 0 Å². The highest BCUT2D eigenvalue weighted by Crippen LogP contribution is 2.21. The van der Waals surface area contributed by atoms with Crippen LogP contribution in [-0.4, -0.2) is 40.2 Å². The molecule has 0 radical (unpaired) electrons. The van der Waals surface area contributed by atoms with Gasteiger partial charge in [0, 0.05) is 30.2 Å². The van der Waals surface area contributed by atoms with E-state index in [1.54, 1.807) is 12.1 Å². The van der Waals surface area contributed by atoms with Crippen LogP contribution in [0.1, 0.15) is 17.5 Å². The molecular weight excluding hydrogens is 254 g/mol. The Labute approximate surface area is 110 Å². The zero-order valence-electron chi connectivity index (χ0n) is 9.88. The van der Waals surface area contributed by atoms with Crippen molar-refractivity contribution in [2.45, 2.75) is 19.1 Å². The maximum Gasteiger partial charge on any atom is 0.170 e. The number of likely N-dealkylation sites (tertiary alicyclic amines) is 1. The number of aliphatic hydroxyl groups excluding tert-OH is 1. The lowest BCUT2D eigenvalue weighted by Gasteiger charge is -2.16. The Kier molecular flexibility index (Phi) is 4.06. The van der Waals surface area contributed by atoms with E-state index in [0.29, 0.717) is 23.7 Å². The fourth-order valence-corrected chi connectivity index (χ4v) is 2.33. The number of halogens is 1. The minimum absolute atomic E-state index is 0.0417. The quantitative estimate of drug-likeness (QED) is 0.331. The third kappa shape index (κ3) is 2.93. The van der Waals surface area contributed by atoms with E-state index in [4.69, 9.17) is 22.5 Å². The summed E-state index contributed by atoms with van der Waals surface area (Å²) in [5, 5.41) is 21.6. The topological polar surface area (TPSA) is 82.1 Å². The molecule has 0 bridgehead atoms. The molecule has 1 aromatic rings. The zero-order valence-corrected chi connectivity index (χ0v) is 10.6. The van der Waals surface area contributed by atoms with Crippen LogP contribution < -0.4 is 5.73 Å². The van der Waals surface area contributed by atoms with Gasteiger partial charge in [0.2, 0.25) is 0 Å². The first-order valence-electron chi connectivity index (χ1n) is 5.77. The van der Waals surface area contributed by atoms with Gasteiger partial charge in [0.05, 0.1) is 6.10 Å². The van der Waals surface area contributed by atoms with Gasteiger partial charge in [-0.05, 0) is 18.1 Å². The van der Waals surface area contributed by atoms with Crippen LogP contribution in [-0.2, 0) is 6.54 Å². The Morgan fingerprint density at radius 3 is 2.89 bits per heavy atom. The lowest BCUT2D eigenvalue weighted by molar-refractivity contribution is 0.175. The summed E-state index contributed by atoms with van der Waals surface area (Å²) in [6, 6.07) is 5.31. The molecule has 1 saturated heterocycles. The van der Waals surface area contributed by atoms with Crippen molar-refractivity contribution in [3.05, 3.63) is 34.3 Å². The number of aliphatic hydroxyl groups is 1. The van der Waals surface area contributed by atoms with Crippen molar-refractivity contribution in [3.8, 4) is 0 Å². The first-order chi connectivity index (χ1) is 8.60. The highest BCUT2D eigenvalue weighted by Gasteiger charge is 2.20. The van der Waals surface area contributed by atoms with Crippen molar-refractivity contribution in [3.63, 3.8) is 0 Å². The van der Waals surface area contributed by atoms with Gasteiger partial charge in [0.1, 0.15) is 0 Å². The highest BCUT2D eigenvalue weighted by molar-refractivity contribution is 6.31. The number of hydrogen-bond donors (Lipinski definition) is 3. The highest BCUT2D eigenvalue weighted by atomic mass is 35.5. The van der Waals surface area contributed by atoms with Gasteiger partial charge in [0.15, 0.2) is 5.84 Å². The number of hydrogen-bond acceptors (Lipinski definition) is 4. The molecule has 2 rings (SSSR count). The van der Waals surface area contributed by atoms with Crippen LogP contribution in [0.5, 0.6) is 0 Å². The van der Waals surface area contributed by atoms with Crippen LogP contribution in [0, 0.1) is 0 Å². The second-order valence-corrected chi connectivity index (χ2v) is 4.88. The van der Waals surface area contributed by atoms with Crippen LogP contribution in [0.25, 0.3) is 0 Å². The van der Waals surface area contributed by atoms with Gasteiger partial charge in [-0.15, -0.1) is 0 Å². The Morgan fingerprint density at radius 1 is 1.56 bits per heavy atom. The summed E-state index contributed by atoms with van der Waals surface area (Å²) >= 11 is 6.16. The summed E-state index contributed by atoms with van der Waals surface area (Å²) in [4.78, 5) is 2.15. The molecule has 1 aromatic carbocycles. The van der Waals surface area contributed by atoms with E-state index in [-0.39, 0.29) is 11.9 Å². The summed E-state index contributed by atoms with van der Waals surface area (Å²) < 4.78 is 0. The lowest BCUT2D eigenvalue weighted by atomic mass is 10.1. The normalized spacial score (nSPS) is 21.4. The van der Waals surface area contributed by atoms with Gasteiger partial charge in [-0.1, -0.05) is 28.9 Å². The van der Waals surface area contributed by atoms with Gasteiger partial charge in [-0.2, -0.15) is 0 Å². The van der Waals surface area contributed by atoms with Crippen molar-refractivity contribution in [2.24, 2.45) is 10.9 Å².